The number of nitrogens with zero attached hydrogens (tertiary/aromatic N) is 5. The summed E-state index contributed by atoms with van der Waals surface area (Å²) in [5, 5.41) is 34.4. The molecule has 6 rings (SSSR count). The van der Waals surface area contributed by atoms with Crippen LogP contribution in [0.1, 0.15) is 43.4 Å². The summed E-state index contributed by atoms with van der Waals surface area (Å²) in [4.78, 5) is 41.2. The zero-order chi connectivity index (χ0) is 33.5. The maximum absolute atomic E-state index is 13.0. The van der Waals surface area contributed by atoms with Gasteiger partial charge in [-0.3, -0.25) is 14.7 Å². The first-order valence-corrected chi connectivity index (χ1v) is 15.2. The SMILES string of the molecule is CCOC(=O)C1=C/C(=C\CN2C=CNC2N2CN=C3C(=O)N=C(N)N=C32)c2c(OC)c3c(c(CO)c2O1)O[C@H]([C@](C)(O)CCCO)C3. The summed E-state index contributed by atoms with van der Waals surface area (Å²) in [6, 6.07) is 0. The van der Waals surface area contributed by atoms with Gasteiger partial charge in [0.2, 0.25) is 11.7 Å². The molecule has 0 saturated carbocycles. The molecule has 5 heterocycles. The first-order valence-electron chi connectivity index (χ1n) is 15.2. The number of hydrogen-bond donors (Lipinski definition) is 5. The Hall–Kier alpha value is -4.93. The molecule has 0 aliphatic carbocycles. The van der Waals surface area contributed by atoms with Gasteiger partial charge in [0.05, 0.1) is 37.1 Å². The zero-order valence-electron chi connectivity index (χ0n) is 26.2. The van der Waals surface area contributed by atoms with Crippen molar-refractivity contribution in [2.24, 2.45) is 20.7 Å². The van der Waals surface area contributed by atoms with E-state index in [9.17, 15) is 24.9 Å². The molecule has 16 heteroatoms. The van der Waals surface area contributed by atoms with Crippen LogP contribution in [-0.4, -0.2) is 106 Å². The number of aliphatic hydroxyl groups excluding tert-OH is 2. The molecule has 5 aliphatic heterocycles. The number of amidine groups is 1. The van der Waals surface area contributed by atoms with Gasteiger partial charge in [0.1, 0.15) is 30.0 Å². The normalized spacial score (nSPS) is 23.0. The highest BCUT2D eigenvalue weighted by Gasteiger charge is 2.44. The van der Waals surface area contributed by atoms with E-state index >= 15 is 0 Å². The summed E-state index contributed by atoms with van der Waals surface area (Å²) >= 11 is 0. The van der Waals surface area contributed by atoms with Gasteiger partial charge in [0, 0.05) is 37.5 Å². The summed E-state index contributed by atoms with van der Waals surface area (Å²) in [6.45, 7) is 3.31. The van der Waals surface area contributed by atoms with E-state index in [1.807, 2.05) is 17.2 Å². The van der Waals surface area contributed by atoms with Crippen LogP contribution in [0, 0.1) is 0 Å². The minimum Gasteiger partial charge on any atom is -0.496 e. The lowest BCUT2D eigenvalue weighted by atomic mass is 9.88. The molecule has 0 saturated heterocycles. The van der Waals surface area contributed by atoms with Crippen molar-refractivity contribution in [3.05, 3.63) is 47.0 Å². The number of allylic oxidation sites excluding steroid dienone is 2. The number of nitrogens with two attached hydrogens (primary N) is 1. The Kier molecular flexibility index (Phi) is 8.65. The predicted molar refractivity (Wildman–Crippen MR) is 168 cm³/mol. The molecule has 250 valence electrons. The summed E-state index contributed by atoms with van der Waals surface area (Å²) < 4.78 is 23.5. The standard InChI is InChI=1S/C31H37N7O9/c1-4-45-28(42)19-12-16(6-9-37-10-8-33-30(37)38-15-34-22-26(38)35-29(32)36-27(22)41)21-24(44-3)17-13-20(31(2,43)7-5-11-39)47-23(17)18(14-40)25(21)46-19/h6,8,10,12,20,30,33,39-40,43H,4-5,7,9,11,13-15H2,1-3H3,(H2,32,36,41)/b16-6+/t20-,30?,31+/m0/s1. The number of aliphatic hydroxyl groups is 3. The number of aliphatic imine (C=N–C) groups is 3. The van der Waals surface area contributed by atoms with Gasteiger partial charge < -0.3 is 50.2 Å². The van der Waals surface area contributed by atoms with Crippen molar-refractivity contribution in [3.8, 4) is 17.2 Å². The highest BCUT2D eigenvalue weighted by atomic mass is 16.6. The van der Waals surface area contributed by atoms with Crippen LogP contribution in [0.5, 0.6) is 17.2 Å². The molecule has 1 amide bonds. The third kappa shape index (κ3) is 5.68. The number of nitrogens with one attached hydrogen (secondary N) is 1. The quantitative estimate of drug-likeness (QED) is 0.198. The number of carbonyl (C=O) groups excluding carboxylic acids is 2. The molecule has 1 aromatic rings. The lowest BCUT2D eigenvalue weighted by Crippen LogP contribution is -2.53. The van der Waals surface area contributed by atoms with Crippen molar-refractivity contribution in [2.75, 3.05) is 33.5 Å². The van der Waals surface area contributed by atoms with Gasteiger partial charge >= 0.3 is 11.9 Å². The Morgan fingerprint density at radius 2 is 2.11 bits per heavy atom. The van der Waals surface area contributed by atoms with Crippen LogP contribution in [0.25, 0.3) is 5.57 Å². The number of guanidine groups is 1. The number of ether oxygens (including phenoxy) is 4. The molecule has 1 unspecified atom stereocenters. The molecule has 0 radical (unpaired) electrons. The van der Waals surface area contributed by atoms with E-state index in [4.69, 9.17) is 24.7 Å². The second-order valence-corrected chi connectivity index (χ2v) is 11.5. The summed E-state index contributed by atoms with van der Waals surface area (Å²) in [7, 11) is 1.50. The Morgan fingerprint density at radius 3 is 2.83 bits per heavy atom. The van der Waals surface area contributed by atoms with Crippen LogP contribution in [0.15, 0.2) is 45.3 Å². The first-order chi connectivity index (χ1) is 22.6. The van der Waals surface area contributed by atoms with Crippen molar-refractivity contribution in [1.82, 2.24) is 15.1 Å². The van der Waals surface area contributed by atoms with E-state index in [1.54, 1.807) is 31.0 Å². The summed E-state index contributed by atoms with van der Waals surface area (Å²) in [5.74, 6) is -0.283. The van der Waals surface area contributed by atoms with E-state index < -0.39 is 36.5 Å². The third-order valence-corrected chi connectivity index (χ3v) is 8.51. The summed E-state index contributed by atoms with van der Waals surface area (Å²) in [5.41, 5.74) is 6.58. The Bertz CT molecular complexity index is 1680. The number of rotatable bonds is 11. The minimum absolute atomic E-state index is 0.0806. The van der Waals surface area contributed by atoms with E-state index in [1.165, 1.54) is 7.11 Å². The molecule has 5 aliphatic rings. The maximum atomic E-state index is 13.0. The average molecular weight is 652 g/mol. The topological polar surface area (TPSA) is 213 Å². The number of fused-ring (bicyclic) bond motifs is 3. The van der Waals surface area contributed by atoms with Gasteiger partial charge in [-0.05, 0) is 38.3 Å². The Morgan fingerprint density at radius 1 is 1.30 bits per heavy atom. The van der Waals surface area contributed by atoms with Gasteiger partial charge in [-0.15, -0.1) is 0 Å². The summed E-state index contributed by atoms with van der Waals surface area (Å²) in [6.07, 6.45) is 6.76. The van der Waals surface area contributed by atoms with Gasteiger partial charge in [0.15, 0.2) is 17.8 Å². The van der Waals surface area contributed by atoms with Crippen LogP contribution in [0.4, 0.5) is 0 Å². The first kappa shape index (κ1) is 32.0. The van der Waals surface area contributed by atoms with Crippen molar-refractivity contribution in [2.45, 2.75) is 57.7 Å². The number of benzene rings is 1. The molecular weight excluding hydrogens is 614 g/mol. The minimum atomic E-state index is -1.29. The van der Waals surface area contributed by atoms with Crippen molar-refractivity contribution in [1.29, 1.82) is 0 Å². The average Bonchev–Trinajstić information content (AvgIpc) is 3.80. The van der Waals surface area contributed by atoms with Crippen LogP contribution in [0.3, 0.4) is 0 Å². The third-order valence-electron chi connectivity index (χ3n) is 8.51. The second-order valence-electron chi connectivity index (χ2n) is 11.5. The fourth-order valence-corrected chi connectivity index (χ4v) is 6.22. The fraction of sp³-hybridized carbons (Fsp3) is 0.452. The van der Waals surface area contributed by atoms with Crippen LogP contribution >= 0.6 is 0 Å². The molecule has 16 nitrogen and oxygen atoms in total. The van der Waals surface area contributed by atoms with Gasteiger partial charge in [0.25, 0.3) is 0 Å². The maximum Gasteiger partial charge on any atom is 0.374 e. The molecule has 47 heavy (non-hydrogen) atoms. The molecule has 0 bridgehead atoms. The number of methoxy groups -OCH3 is 1. The van der Waals surface area contributed by atoms with Crippen LogP contribution in [-0.2, 0) is 27.4 Å². The van der Waals surface area contributed by atoms with Gasteiger partial charge in [-0.25, -0.2) is 4.79 Å². The molecule has 0 fully saturated rings. The Labute approximate surface area is 270 Å². The van der Waals surface area contributed by atoms with E-state index in [0.29, 0.717) is 46.0 Å². The highest BCUT2D eigenvalue weighted by Crippen LogP contribution is 2.53. The van der Waals surface area contributed by atoms with Gasteiger partial charge in [-0.1, -0.05) is 6.08 Å². The van der Waals surface area contributed by atoms with E-state index in [-0.39, 0.29) is 62.4 Å². The lowest BCUT2D eigenvalue weighted by Gasteiger charge is -2.34. The van der Waals surface area contributed by atoms with Gasteiger partial charge in [-0.2, -0.15) is 9.98 Å². The molecular formula is C31H37N7O9. The number of esters is 1. The van der Waals surface area contributed by atoms with Crippen LogP contribution in [0.2, 0.25) is 0 Å². The predicted octanol–water partition coefficient (Wildman–Crippen LogP) is -0.135. The Balaban J connectivity index is 1.38. The molecule has 1 aromatic carbocycles. The zero-order valence-corrected chi connectivity index (χ0v) is 26.2. The van der Waals surface area contributed by atoms with Crippen molar-refractivity contribution in [3.63, 3.8) is 0 Å². The lowest BCUT2D eigenvalue weighted by molar-refractivity contribution is -0.141. The van der Waals surface area contributed by atoms with Crippen molar-refractivity contribution < 1.29 is 43.9 Å². The number of carbonyl (C=O) groups is 2. The molecule has 0 aromatic heterocycles. The molecule has 3 atom stereocenters. The van der Waals surface area contributed by atoms with Crippen LogP contribution < -0.4 is 25.3 Å². The highest BCUT2D eigenvalue weighted by molar-refractivity contribution is 6.69. The molecule has 6 N–H and O–H groups in total. The smallest absolute Gasteiger partial charge is 0.374 e. The van der Waals surface area contributed by atoms with E-state index in [0.717, 1.165) is 0 Å². The number of amides is 1. The van der Waals surface area contributed by atoms with E-state index in [2.05, 4.69) is 20.3 Å². The van der Waals surface area contributed by atoms with Crippen molar-refractivity contribution >= 4 is 35.0 Å². The fourth-order valence-electron chi connectivity index (χ4n) is 6.22. The largest absolute Gasteiger partial charge is 0.496 e. The number of hydrogen-bond acceptors (Lipinski definition) is 15. The monoisotopic (exact) mass is 651 g/mol. The molecule has 0 spiro atoms. The second kappa shape index (κ2) is 12.7.